The van der Waals surface area contributed by atoms with Crippen LogP contribution in [-0.2, 0) is 9.59 Å². The van der Waals surface area contributed by atoms with E-state index in [1.807, 2.05) is 13.8 Å². The zero-order valence-electron chi connectivity index (χ0n) is 13.9. The molecule has 0 aliphatic rings. The van der Waals surface area contributed by atoms with Gasteiger partial charge in [-0.2, -0.15) is 0 Å². The first kappa shape index (κ1) is 28.1. The van der Waals surface area contributed by atoms with E-state index in [-0.39, 0.29) is 50.6 Å². The van der Waals surface area contributed by atoms with Crippen LogP contribution in [0.25, 0.3) is 0 Å². The molecule has 0 N–H and O–H groups in total. The fourth-order valence-corrected chi connectivity index (χ4v) is 1.97. The number of carboxylic acid groups (broad SMARTS) is 2. The van der Waals surface area contributed by atoms with Crippen molar-refractivity contribution in [1.82, 2.24) is 0 Å². The Morgan fingerprint density at radius 1 is 0.783 bits per heavy atom. The number of carboxylic acids is 2. The van der Waals surface area contributed by atoms with Crippen LogP contribution in [0, 0.1) is 0 Å². The monoisotopic (exact) mass is 390 g/mol. The summed E-state index contributed by atoms with van der Waals surface area (Å²) in [6.07, 6.45) is 8.16. The van der Waals surface area contributed by atoms with Crippen LogP contribution in [0.3, 0.4) is 0 Å². The number of carbonyl (C=O) groups is 2. The molecule has 0 bridgehead atoms. The molecule has 0 aromatic heterocycles. The van der Waals surface area contributed by atoms with Gasteiger partial charge in [-0.3, -0.25) is 0 Å². The zero-order chi connectivity index (χ0) is 17.4. The standard InChI is InChI=1S/2C8H13ClO2.Ca/c2*1-2-4-7(9)5-3-6-8(10)11;/h2*5H,2-4,6H2,1H3,(H,10,11);/q;;+2/p-2/b2*7-5-;. The van der Waals surface area contributed by atoms with Crippen LogP contribution in [-0.4, -0.2) is 49.7 Å². The van der Waals surface area contributed by atoms with Gasteiger partial charge in [0.15, 0.2) is 0 Å². The third-order valence-corrected chi connectivity index (χ3v) is 3.09. The molecule has 128 valence electrons. The maximum Gasteiger partial charge on any atom is 2.00 e. The molecular weight excluding hydrogens is 367 g/mol. The molecule has 0 unspecified atom stereocenters. The first-order chi connectivity index (χ1) is 10.3. The molecule has 0 radical (unpaired) electrons. The molecule has 23 heavy (non-hydrogen) atoms. The van der Waals surface area contributed by atoms with Gasteiger partial charge in [0.2, 0.25) is 0 Å². The van der Waals surface area contributed by atoms with Gasteiger partial charge in [-0.05, 0) is 38.5 Å². The minimum absolute atomic E-state index is 0. The maximum absolute atomic E-state index is 9.96. The fourth-order valence-electron chi connectivity index (χ4n) is 1.38. The van der Waals surface area contributed by atoms with E-state index >= 15 is 0 Å². The van der Waals surface area contributed by atoms with Crippen LogP contribution in [0.2, 0.25) is 0 Å². The van der Waals surface area contributed by atoms with Crippen LogP contribution in [0.4, 0.5) is 0 Å². The van der Waals surface area contributed by atoms with Crippen molar-refractivity contribution in [3.05, 3.63) is 22.2 Å². The summed E-state index contributed by atoms with van der Waals surface area (Å²) in [6, 6.07) is 0. The van der Waals surface area contributed by atoms with Gasteiger partial charge < -0.3 is 19.8 Å². The molecule has 0 fully saturated rings. The Morgan fingerprint density at radius 2 is 1.09 bits per heavy atom. The first-order valence-electron chi connectivity index (χ1n) is 7.42. The van der Waals surface area contributed by atoms with Crippen LogP contribution in [0.1, 0.15) is 65.2 Å². The molecule has 0 heterocycles. The second-order valence-corrected chi connectivity index (χ2v) is 5.59. The van der Waals surface area contributed by atoms with Gasteiger partial charge in [-0.1, -0.05) is 62.0 Å². The van der Waals surface area contributed by atoms with Gasteiger partial charge >= 0.3 is 37.7 Å². The Kier molecular flexibility index (Phi) is 24.8. The molecule has 0 rings (SSSR count). The van der Waals surface area contributed by atoms with E-state index in [2.05, 4.69) is 0 Å². The SMILES string of the molecule is CCC/C(Cl)=C/CCC(=O)[O-].CCC/C(Cl)=C/CCC(=O)[O-].[Ca+2]. The molecule has 0 spiro atoms. The third kappa shape index (κ3) is 27.4. The molecule has 0 saturated heterocycles. The predicted octanol–water partition coefficient (Wildman–Crippen LogP) is 2.50. The molecule has 7 heteroatoms. The van der Waals surface area contributed by atoms with Gasteiger partial charge in [-0.25, -0.2) is 0 Å². The van der Waals surface area contributed by atoms with Crippen molar-refractivity contribution in [2.75, 3.05) is 0 Å². The average molecular weight is 391 g/mol. The number of hydrogen-bond donors (Lipinski definition) is 0. The van der Waals surface area contributed by atoms with Crippen molar-refractivity contribution in [1.29, 1.82) is 0 Å². The molecular formula is C16H24CaCl2O4. The summed E-state index contributed by atoms with van der Waals surface area (Å²) >= 11 is 11.4. The van der Waals surface area contributed by atoms with E-state index in [1.54, 1.807) is 12.2 Å². The Hall–Kier alpha value is 0.260. The largest absolute Gasteiger partial charge is 2.00 e. The number of allylic oxidation sites excluding steroid dienone is 4. The second-order valence-electron chi connectivity index (χ2n) is 4.62. The van der Waals surface area contributed by atoms with E-state index < -0.39 is 11.9 Å². The van der Waals surface area contributed by atoms with Gasteiger partial charge in [0.1, 0.15) is 0 Å². The summed E-state index contributed by atoms with van der Waals surface area (Å²) < 4.78 is 0. The third-order valence-electron chi connectivity index (χ3n) is 2.41. The summed E-state index contributed by atoms with van der Waals surface area (Å²) in [4.78, 5) is 19.9. The number of carbonyl (C=O) groups excluding carboxylic acids is 2. The smallest absolute Gasteiger partial charge is 0.550 e. The summed E-state index contributed by atoms with van der Waals surface area (Å²) in [5.74, 6) is -2.05. The van der Waals surface area contributed by atoms with Gasteiger partial charge in [0, 0.05) is 22.0 Å². The average Bonchev–Trinajstić information content (AvgIpc) is 2.39. The summed E-state index contributed by atoms with van der Waals surface area (Å²) in [6.45, 7) is 4.05. The number of hydrogen-bond acceptors (Lipinski definition) is 4. The topological polar surface area (TPSA) is 80.3 Å². The normalized spacial score (nSPS) is 11.1. The Morgan fingerprint density at radius 3 is 1.30 bits per heavy atom. The molecule has 0 aromatic carbocycles. The van der Waals surface area contributed by atoms with Crippen molar-refractivity contribution in [2.24, 2.45) is 0 Å². The van der Waals surface area contributed by atoms with E-state index in [0.717, 1.165) is 35.7 Å². The maximum atomic E-state index is 9.96. The minimum atomic E-state index is -1.03. The van der Waals surface area contributed by atoms with E-state index in [4.69, 9.17) is 23.2 Å². The first-order valence-corrected chi connectivity index (χ1v) is 8.17. The summed E-state index contributed by atoms with van der Waals surface area (Å²) in [5, 5.41) is 21.4. The van der Waals surface area contributed by atoms with Crippen molar-refractivity contribution in [3.8, 4) is 0 Å². The molecule has 0 aromatic rings. The zero-order valence-corrected chi connectivity index (χ0v) is 17.6. The van der Waals surface area contributed by atoms with E-state index in [9.17, 15) is 19.8 Å². The van der Waals surface area contributed by atoms with E-state index in [1.165, 1.54) is 0 Å². The Labute approximate surface area is 178 Å². The number of halogens is 2. The number of aliphatic carboxylic acids is 2. The number of rotatable bonds is 10. The molecule has 4 nitrogen and oxygen atoms in total. The summed E-state index contributed by atoms with van der Waals surface area (Å²) in [5.41, 5.74) is 0. The van der Waals surface area contributed by atoms with Gasteiger partial charge in [0.25, 0.3) is 0 Å². The fraction of sp³-hybridized carbons (Fsp3) is 0.625. The van der Waals surface area contributed by atoms with Crippen molar-refractivity contribution in [2.45, 2.75) is 65.2 Å². The van der Waals surface area contributed by atoms with Crippen LogP contribution in [0.15, 0.2) is 22.2 Å². The Bertz CT molecular complexity index is 346. The Balaban J connectivity index is -0.000000333. The quantitative estimate of drug-likeness (QED) is 0.536. The minimum Gasteiger partial charge on any atom is -0.550 e. The van der Waals surface area contributed by atoms with E-state index in [0.29, 0.717) is 12.8 Å². The van der Waals surface area contributed by atoms with Gasteiger partial charge in [0.05, 0.1) is 0 Å². The van der Waals surface area contributed by atoms with Crippen LogP contribution in [0.5, 0.6) is 0 Å². The molecule has 0 amide bonds. The molecule has 0 aliphatic heterocycles. The predicted molar refractivity (Wildman–Crippen MR) is 91.9 cm³/mol. The van der Waals surface area contributed by atoms with Crippen LogP contribution >= 0.6 is 23.2 Å². The second kappa shape index (κ2) is 20.3. The summed E-state index contributed by atoms with van der Waals surface area (Å²) in [7, 11) is 0. The van der Waals surface area contributed by atoms with Crippen LogP contribution < -0.4 is 10.2 Å². The van der Waals surface area contributed by atoms with Gasteiger partial charge in [-0.15, -0.1) is 0 Å². The molecule has 0 atom stereocenters. The molecule has 0 aliphatic carbocycles. The van der Waals surface area contributed by atoms with Crippen molar-refractivity contribution in [3.63, 3.8) is 0 Å². The van der Waals surface area contributed by atoms with Crippen molar-refractivity contribution < 1.29 is 19.8 Å². The molecule has 0 saturated carbocycles. The van der Waals surface area contributed by atoms with Crippen molar-refractivity contribution >= 4 is 72.9 Å².